The minimum atomic E-state index is -3.77. The molecule has 1 N–H and O–H groups in total. The van der Waals surface area contributed by atoms with Crippen molar-refractivity contribution in [2.75, 3.05) is 7.05 Å². The van der Waals surface area contributed by atoms with Gasteiger partial charge in [0.25, 0.3) is 0 Å². The summed E-state index contributed by atoms with van der Waals surface area (Å²) < 4.78 is 28.6. The molecule has 8 heteroatoms. The number of hydrogen-bond acceptors (Lipinski definition) is 4. The zero-order valence-corrected chi connectivity index (χ0v) is 12.4. The summed E-state index contributed by atoms with van der Waals surface area (Å²) in [6.45, 7) is 5.52. The Morgan fingerprint density at radius 1 is 1.42 bits per heavy atom. The van der Waals surface area contributed by atoms with Gasteiger partial charge in [0.05, 0.1) is 12.2 Å². The normalized spacial score (nSPS) is 13.8. The van der Waals surface area contributed by atoms with Crippen molar-refractivity contribution in [2.24, 2.45) is 5.92 Å². The van der Waals surface area contributed by atoms with E-state index in [1.165, 1.54) is 7.05 Å². The van der Waals surface area contributed by atoms with Crippen molar-refractivity contribution in [3.63, 3.8) is 0 Å². The van der Waals surface area contributed by atoms with Crippen molar-refractivity contribution in [3.8, 4) is 0 Å². The number of imidazole rings is 1. The molecule has 0 spiro atoms. The first-order valence-corrected chi connectivity index (χ1v) is 7.43. The van der Waals surface area contributed by atoms with E-state index in [0.29, 0.717) is 6.54 Å². The molecule has 1 heterocycles. The second kappa shape index (κ2) is 6.16. The predicted octanol–water partition coefficient (Wildman–Crippen LogP) is 0.220. The molecule has 0 aromatic carbocycles. The van der Waals surface area contributed by atoms with E-state index in [-0.39, 0.29) is 6.04 Å². The average molecular weight is 288 g/mol. The minimum Gasteiger partial charge on any atom is -0.337 e. The predicted molar refractivity (Wildman–Crippen MR) is 71.4 cm³/mol. The van der Waals surface area contributed by atoms with Crippen LogP contribution < -0.4 is 4.72 Å². The molecular weight excluding hydrogens is 268 g/mol. The highest BCUT2D eigenvalue weighted by Crippen LogP contribution is 2.05. The molecule has 0 saturated heterocycles. The van der Waals surface area contributed by atoms with E-state index in [1.54, 1.807) is 44.1 Å². The Morgan fingerprint density at radius 3 is 2.53 bits per heavy atom. The molecule has 19 heavy (non-hydrogen) atoms. The highest BCUT2D eigenvalue weighted by molar-refractivity contribution is 7.87. The highest BCUT2D eigenvalue weighted by atomic mass is 32.2. The second-order valence-electron chi connectivity index (χ2n) is 4.74. The van der Waals surface area contributed by atoms with E-state index in [9.17, 15) is 13.2 Å². The Morgan fingerprint density at radius 2 is 2.05 bits per heavy atom. The Balaban J connectivity index is 2.64. The third kappa shape index (κ3) is 4.32. The summed E-state index contributed by atoms with van der Waals surface area (Å²) in [7, 11) is -2.34. The highest BCUT2D eigenvalue weighted by Gasteiger charge is 2.25. The van der Waals surface area contributed by atoms with Gasteiger partial charge in [0.2, 0.25) is 5.91 Å². The minimum absolute atomic E-state index is 0.214. The van der Waals surface area contributed by atoms with Crippen LogP contribution in [0.15, 0.2) is 18.7 Å². The van der Waals surface area contributed by atoms with E-state index in [2.05, 4.69) is 9.71 Å². The number of amides is 1. The molecule has 0 fully saturated rings. The summed E-state index contributed by atoms with van der Waals surface area (Å²) in [6, 6.07) is -0.214. The summed E-state index contributed by atoms with van der Waals surface area (Å²) in [4.78, 5) is 15.7. The van der Waals surface area contributed by atoms with Crippen LogP contribution in [-0.2, 0) is 21.5 Å². The van der Waals surface area contributed by atoms with Crippen LogP contribution in [0.2, 0.25) is 0 Å². The molecule has 1 rings (SSSR count). The van der Waals surface area contributed by atoms with Crippen LogP contribution in [0.5, 0.6) is 0 Å². The molecule has 0 aliphatic heterocycles. The van der Waals surface area contributed by atoms with E-state index in [4.69, 9.17) is 0 Å². The lowest BCUT2D eigenvalue weighted by atomic mass is 10.2. The van der Waals surface area contributed by atoms with E-state index >= 15 is 0 Å². The van der Waals surface area contributed by atoms with Gasteiger partial charge in [-0.1, -0.05) is 6.92 Å². The maximum atomic E-state index is 11.9. The van der Waals surface area contributed by atoms with Gasteiger partial charge in [-0.2, -0.15) is 12.7 Å². The third-order valence-corrected chi connectivity index (χ3v) is 4.47. The Labute approximate surface area is 113 Å². The fraction of sp³-hybridized carbons (Fsp3) is 0.636. The Hall–Kier alpha value is -1.41. The van der Waals surface area contributed by atoms with Crippen LogP contribution in [0.1, 0.15) is 20.8 Å². The van der Waals surface area contributed by atoms with Gasteiger partial charge in [-0.25, -0.2) is 9.71 Å². The molecule has 1 amide bonds. The molecule has 1 aromatic heterocycles. The van der Waals surface area contributed by atoms with Gasteiger partial charge in [0.15, 0.2) is 0 Å². The average Bonchev–Trinajstić information content (AvgIpc) is 2.79. The van der Waals surface area contributed by atoms with E-state index in [0.717, 1.165) is 4.31 Å². The summed E-state index contributed by atoms with van der Waals surface area (Å²) in [6.07, 6.45) is 4.91. The molecule has 1 unspecified atom stereocenters. The molecule has 1 atom stereocenters. The number of rotatable bonds is 6. The summed E-state index contributed by atoms with van der Waals surface area (Å²) in [5.41, 5.74) is 0. The second-order valence-corrected chi connectivity index (χ2v) is 6.47. The van der Waals surface area contributed by atoms with Crippen LogP contribution in [0.3, 0.4) is 0 Å². The lowest BCUT2D eigenvalue weighted by Gasteiger charge is -2.22. The molecule has 1 aromatic rings. The monoisotopic (exact) mass is 288 g/mol. The van der Waals surface area contributed by atoms with Crippen molar-refractivity contribution in [1.82, 2.24) is 18.6 Å². The molecule has 0 aliphatic carbocycles. The number of aromatic nitrogens is 2. The number of carbonyl (C=O) groups excluding carboxylic acids is 1. The van der Waals surface area contributed by atoms with E-state index < -0.39 is 22.0 Å². The Bertz CT molecular complexity index is 510. The number of carbonyl (C=O) groups is 1. The molecule has 7 nitrogen and oxygen atoms in total. The van der Waals surface area contributed by atoms with Crippen molar-refractivity contribution >= 4 is 16.1 Å². The molecule has 0 aliphatic rings. The van der Waals surface area contributed by atoms with Crippen LogP contribution in [0.4, 0.5) is 0 Å². The molecule has 0 radical (unpaired) electrons. The topological polar surface area (TPSA) is 84.3 Å². The van der Waals surface area contributed by atoms with Gasteiger partial charge in [-0.3, -0.25) is 4.79 Å². The van der Waals surface area contributed by atoms with Gasteiger partial charge in [0.1, 0.15) is 0 Å². The standard InChI is InChI=1S/C11H20N4O3S/c1-9(2)14(4)19(17,18)13-11(16)10(3)7-15-6-5-12-8-15/h5-6,8-10H,7H2,1-4H3,(H,13,16). The van der Waals surface area contributed by atoms with Crippen LogP contribution in [0.25, 0.3) is 0 Å². The van der Waals surface area contributed by atoms with Crippen LogP contribution >= 0.6 is 0 Å². The fourth-order valence-corrected chi connectivity index (χ4v) is 2.53. The van der Waals surface area contributed by atoms with Gasteiger partial charge < -0.3 is 4.57 Å². The first-order chi connectivity index (χ1) is 8.74. The first kappa shape index (κ1) is 15.6. The molecule has 0 bridgehead atoms. The zero-order valence-electron chi connectivity index (χ0n) is 11.6. The van der Waals surface area contributed by atoms with Crippen molar-refractivity contribution in [3.05, 3.63) is 18.7 Å². The molecule has 0 saturated carbocycles. The lowest BCUT2D eigenvalue weighted by Crippen LogP contribution is -2.46. The number of nitrogens with zero attached hydrogens (tertiary/aromatic N) is 3. The smallest absolute Gasteiger partial charge is 0.303 e. The maximum Gasteiger partial charge on any atom is 0.303 e. The van der Waals surface area contributed by atoms with Crippen LogP contribution in [0, 0.1) is 5.92 Å². The van der Waals surface area contributed by atoms with Crippen LogP contribution in [-0.4, -0.2) is 41.3 Å². The van der Waals surface area contributed by atoms with Crippen molar-refractivity contribution < 1.29 is 13.2 Å². The lowest BCUT2D eigenvalue weighted by molar-refractivity contribution is -0.123. The summed E-state index contributed by atoms with van der Waals surface area (Å²) in [5.74, 6) is -0.995. The third-order valence-electron chi connectivity index (χ3n) is 2.83. The SMILES string of the molecule is CC(Cn1ccnc1)C(=O)NS(=O)(=O)N(C)C(C)C. The maximum absolute atomic E-state index is 11.9. The zero-order chi connectivity index (χ0) is 14.6. The summed E-state index contributed by atoms with van der Waals surface area (Å²) in [5, 5.41) is 0. The van der Waals surface area contributed by atoms with Gasteiger partial charge in [0, 0.05) is 32.0 Å². The fourth-order valence-electron chi connectivity index (χ4n) is 1.37. The van der Waals surface area contributed by atoms with Gasteiger partial charge >= 0.3 is 10.2 Å². The first-order valence-electron chi connectivity index (χ1n) is 5.99. The van der Waals surface area contributed by atoms with Gasteiger partial charge in [-0.05, 0) is 13.8 Å². The van der Waals surface area contributed by atoms with Crippen molar-refractivity contribution in [2.45, 2.75) is 33.4 Å². The Kier molecular flexibility index (Phi) is 5.07. The number of hydrogen-bond donors (Lipinski definition) is 1. The van der Waals surface area contributed by atoms with E-state index in [1.807, 2.05) is 0 Å². The molecular formula is C11H20N4O3S. The molecule has 108 valence electrons. The van der Waals surface area contributed by atoms with Gasteiger partial charge in [-0.15, -0.1) is 0 Å². The van der Waals surface area contributed by atoms with Crippen molar-refractivity contribution in [1.29, 1.82) is 0 Å². The summed E-state index contributed by atoms with van der Waals surface area (Å²) >= 11 is 0. The largest absolute Gasteiger partial charge is 0.337 e. The number of nitrogens with one attached hydrogen (secondary N) is 1. The quantitative estimate of drug-likeness (QED) is 0.811.